The van der Waals surface area contributed by atoms with E-state index in [1.165, 1.54) is 0 Å². The SMILES string of the molecule is CCC(C)OC(=O)C1=C(C(=O)OC(C)CC)CCCC1. The Bertz CT molecular complexity index is 348. The smallest absolute Gasteiger partial charge is 0.334 e. The highest BCUT2D eigenvalue weighted by atomic mass is 16.5. The molecule has 20 heavy (non-hydrogen) atoms. The molecule has 1 rings (SSSR count). The number of esters is 2. The molecule has 2 atom stereocenters. The zero-order valence-corrected chi connectivity index (χ0v) is 13.0. The van der Waals surface area contributed by atoms with Gasteiger partial charge in [0.25, 0.3) is 0 Å². The van der Waals surface area contributed by atoms with Crippen LogP contribution in [0, 0.1) is 0 Å². The molecule has 0 amide bonds. The Morgan fingerprint density at radius 2 is 1.25 bits per heavy atom. The van der Waals surface area contributed by atoms with Gasteiger partial charge in [0.05, 0.1) is 12.2 Å². The Morgan fingerprint density at radius 1 is 0.900 bits per heavy atom. The third-order valence-electron chi connectivity index (χ3n) is 3.73. The molecule has 0 heterocycles. The molecule has 0 fully saturated rings. The van der Waals surface area contributed by atoms with Crippen LogP contribution in [0.1, 0.15) is 66.2 Å². The Hall–Kier alpha value is -1.32. The van der Waals surface area contributed by atoms with Gasteiger partial charge in [0.1, 0.15) is 0 Å². The molecule has 114 valence electrons. The van der Waals surface area contributed by atoms with Crippen molar-refractivity contribution in [2.24, 2.45) is 0 Å². The summed E-state index contributed by atoms with van der Waals surface area (Å²) in [5.74, 6) is -0.703. The van der Waals surface area contributed by atoms with Crippen LogP contribution in [-0.4, -0.2) is 24.1 Å². The van der Waals surface area contributed by atoms with E-state index in [0.717, 1.165) is 25.7 Å². The maximum Gasteiger partial charge on any atom is 0.334 e. The van der Waals surface area contributed by atoms with Crippen molar-refractivity contribution in [3.8, 4) is 0 Å². The van der Waals surface area contributed by atoms with Gasteiger partial charge in [0.15, 0.2) is 0 Å². The summed E-state index contributed by atoms with van der Waals surface area (Å²) in [4.78, 5) is 24.3. The summed E-state index contributed by atoms with van der Waals surface area (Å²) in [5, 5.41) is 0. The van der Waals surface area contributed by atoms with Gasteiger partial charge in [-0.3, -0.25) is 0 Å². The van der Waals surface area contributed by atoms with E-state index < -0.39 is 0 Å². The van der Waals surface area contributed by atoms with Crippen LogP contribution in [0.25, 0.3) is 0 Å². The van der Waals surface area contributed by atoms with Crippen LogP contribution >= 0.6 is 0 Å². The second-order valence-corrected chi connectivity index (χ2v) is 5.41. The quantitative estimate of drug-likeness (QED) is 0.699. The molecule has 2 unspecified atom stereocenters. The van der Waals surface area contributed by atoms with Crippen LogP contribution in [0.15, 0.2) is 11.1 Å². The van der Waals surface area contributed by atoms with Gasteiger partial charge in [-0.15, -0.1) is 0 Å². The highest BCUT2D eigenvalue weighted by molar-refractivity contribution is 6.00. The Morgan fingerprint density at radius 3 is 1.55 bits per heavy atom. The first kappa shape index (κ1) is 16.7. The summed E-state index contributed by atoms with van der Waals surface area (Å²) in [7, 11) is 0. The first-order valence-corrected chi connectivity index (χ1v) is 7.63. The number of carbonyl (C=O) groups is 2. The summed E-state index contributed by atoms with van der Waals surface area (Å²) >= 11 is 0. The molecule has 0 aromatic carbocycles. The molecule has 0 aliphatic heterocycles. The number of ether oxygens (including phenoxy) is 2. The Kier molecular flexibility index (Phi) is 6.76. The topological polar surface area (TPSA) is 52.6 Å². The van der Waals surface area contributed by atoms with E-state index >= 15 is 0 Å². The average molecular weight is 282 g/mol. The molecule has 0 saturated carbocycles. The molecule has 0 bridgehead atoms. The third kappa shape index (κ3) is 4.66. The van der Waals surface area contributed by atoms with Crippen molar-refractivity contribution in [3.05, 3.63) is 11.1 Å². The van der Waals surface area contributed by atoms with Crippen molar-refractivity contribution in [2.75, 3.05) is 0 Å². The van der Waals surface area contributed by atoms with E-state index in [1.54, 1.807) is 0 Å². The van der Waals surface area contributed by atoms with Gasteiger partial charge in [0.2, 0.25) is 0 Å². The monoisotopic (exact) mass is 282 g/mol. The fourth-order valence-corrected chi connectivity index (χ4v) is 2.03. The summed E-state index contributed by atoms with van der Waals surface area (Å²) in [5.41, 5.74) is 1.04. The number of hydrogen-bond donors (Lipinski definition) is 0. The second-order valence-electron chi connectivity index (χ2n) is 5.41. The lowest BCUT2D eigenvalue weighted by atomic mass is 9.91. The normalized spacial score (nSPS) is 18.4. The van der Waals surface area contributed by atoms with Crippen LogP contribution < -0.4 is 0 Å². The van der Waals surface area contributed by atoms with E-state index in [1.807, 2.05) is 27.7 Å². The van der Waals surface area contributed by atoms with E-state index in [2.05, 4.69) is 0 Å². The van der Waals surface area contributed by atoms with Gasteiger partial charge < -0.3 is 9.47 Å². The maximum absolute atomic E-state index is 12.1. The fourth-order valence-electron chi connectivity index (χ4n) is 2.03. The first-order chi connectivity index (χ1) is 9.49. The molecule has 0 radical (unpaired) electrons. The zero-order valence-electron chi connectivity index (χ0n) is 13.0. The number of rotatable bonds is 6. The predicted molar refractivity (Wildman–Crippen MR) is 77.2 cm³/mol. The molecule has 0 aromatic heterocycles. The molecule has 1 aliphatic carbocycles. The molecule has 4 heteroatoms. The van der Waals surface area contributed by atoms with Crippen molar-refractivity contribution in [1.29, 1.82) is 0 Å². The molecule has 0 aromatic rings. The van der Waals surface area contributed by atoms with E-state index in [0.29, 0.717) is 24.0 Å². The average Bonchev–Trinajstić information content (AvgIpc) is 2.46. The fraction of sp³-hybridized carbons (Fsp3) is 0.750. The van der Waals surface area contributed by atoms with Crippen LogP contribution in [-0.2, 0) is 19.1 Å². The highest BCUT2D eigenvalue weighted by Gasteiger charge is 2.27. The first-order valence-electron chi connectivity index (χ1n) is 7.63. The lowest BCUT2D eigenvalue weighted by Gasteiger charge is -2.21. The standard InChI is InChI=1S/C16H26O4/c1-5-11(3)19-15(17)13-9-7-8-10-14(13)16(18)20-12(4)6-2/h11-12H,5-10H2,1-4H3. The summed E-state index contributed by atoms with van der Waals surface area (Å²) in [6.45, 7) is 7.65. The van der Waals surface area contributed by atoms with Crippen LogP contribution in [0.4, 0.5) is 0 Å². The van der Waals surface area contributed by atoms with Crippen molar-refractivity contribution in [1.82, 2.24) is 0 Å². The third-order valence-corrected chi connectivity index (χ3v) is 3.73. The molecule has 0 N–H and O–H groups in total. The van der Waals surface area contributed by atoms with Gasteiger partial charge in [0, 0.05) is 11.1 Å². The zero-order chi connectivity index (χ0) is 15.1. The van der Waals surface area contributed by atoms with E-state index in [4.69, 9.17) is 9.47 Å². The molecular weight excluding hydrogens is 256 g/mol. The summed E-state index contributed by atoms with van der Waals surface area (Å²) in [6, 6.07) is 0. The molecule has 0 spiro atoms. The van der Waals surface area contributed by atoms with Gasteiger partial charge in [-0.05, 0) is 52.4 Å². The van der Waals surface area contributed by atoms with Crippen LogP contribution in [0.5, 0.6) is 0 Å². The number of carbonyl (C=O) groups excluding carboxylic acids is 2. The van der Waals surface area contributed by atoms with Gasteiger partial charge in [-0.2, -0.15) is 0 Å². The van der Waals surface area contributed by atoms with Crippen molar-refractivity contribution in [2.45, 2.75) is 78.4 Å². The second kappa shape index (κ2) is 8.08. The minimum Gasteiger partial charge on any atom is -0.459 e. The van der Waals surface area contributed by atoms with Crippen LogP contribution in [0.2, 0.25) is 0 Å². The van der Waals surface area contributed by atoms with E-state index in [9.17, 15) is 9.59 Å². The minimum absolute atomic E-state index is 0.122. The summed E-state index contributed by atoms with van der Waals surface area (Å²) in [6.07, 6.45) is 4.36. The maximum atomic E-state index is 12.1. The Balaban J connectivity index is 2.85. The predicted octanol–water partition coefficient (Wildman–Crippen LogP) is 3.54. The highest BCUT2D eigenvalue weighted by Crippen LogP contribution is 2.27. The van der Waals surface area contributed by atoms with Crippen molar-refractivity contribution >= 4 is 11.9 Å². The largest absolute Gasteiger partial charge is 0.459 e. The summed E-state index contributed by atoms with van der Waals surface area (Å²) < 4.78 is 10.7. The number of hydrogen-bond acceptors (Lipinski definition) is 4. The lowest BCUT2D eigenvalue weighted by Crippen LogP contribution is -2.24. The molecule has 0 saturated heterocycles. The van der Waals surface area contributed by atoms with Crippen molar-refractivity contribution < 1.29 is 19.1 Å². The van der Waals surface area contributed by atoms with Crippen LogP contribution in [0.3, 0.4) is 0 Å². The molecule has 1 aliphatic rings. The van der Waals surface area contributed by atoms with Gasteiger partial charge in [-0.1, -0.05) is 13.8 Å². The van der Waals surface area contributed by atoms with Crippen molar-refractivity contribution in [3.63, 3.8) is 0 Å². The molecule has 4 nitrogen and oxygen atoms in total. The van der Waals surface area contributed by atoms with Gasteiger partial charge in [-0.25, -0.2) is 9.59 Å². The lowest BCUT2D eigenvalue weighted by molar-refractivity contribution is -0.147. The minimum atomic E-state index is -0.352. The molecular formula is C16H26O4. The Labute approximate surface area is 121 Å². The van der Waals surface area contributed by atoms with E-state index in [-0.39, 0.29) is 24.1 Å². The van der Waals surface area contributed by atoms with Gasteiger partial charge >= 0.3 is 11.9 Å².